The molecule has 2 N–H and O–H groups in total. The van der Waals surface area contributed by atoms with Crippen LogP contribution in [-0.4, -0.2) is 84.2 Å². The SMILES string of the molecule is CCN1CCN(CCNC(=O)CC23CCC4C(CCC5C4(C)CCC4C(C)(C)C(CC(=O)C6CC(C(=O)O)C6C)CCC45C)C2=C(C(C)C)C(=O)C3)CC1. The molecular formula is C46H73N3O5. The maximum atomic E-state index is 14.0. The minimum absolute atomic E-state index is 0.0458. The highest BCUT2D eigenvalue weighted by Gasteiger charge is 2.66. The number of fused-ring (bicyclic) bond motifs is 7. The molecule has 7 rings (SSSR count). The normalized spacial score (nSPS) is 42.1. The van der Waals surface area contributed by atoms with Gasteiger partial charge in [0.15, 0.2) is 5.78 Å². The van der Waals surface area contributed by atoms with Crippen LogP contribution in [0.15, 0.2) is 11.1 Å². The number of carbonyl (C=O) groups excluding carboxylic acids is 3. The Morgan fingerprint density at radius 3 is 2.20 bits per heavy atom. The van der Waals surface area contributed by atoms with Crippen molar-refractivity contribution in [1.82, 2.24) is 15.1 Å². The maximum Gasteiger partial charge on any atom is 0.306 e. The highest BCUT2D eigenvalue weighted by Crippen LogP contribution is 2.74. The summed E-state index contributed by atoms with van der Waals surface area (Å²) in [5.74, 6) is 2.04. The summed E-state index contributed by atoms with van der Waals surface area (Å²) in [6.07, 6.45) is 11.0. The number of ketones is 2. The fourth-order valence-electron chi connectivity index (χ4n) is 15.1. The largest absolute Gasteiger partial charge is 0.481 e. The number of hydrogen-bond donors (Lipinski definition) is 2. The molecule has 1 heterocycles. The van der Waals surface area contributed by atoms with Gasteiger partial charge in [-0.05, 0) is 128 Å². The minimum Gasteiger partial charge on any atom is -0.481 e. The van der Waals surface area contributed by atoms with Crippen LogP contribution in [0.4, 0.5) is 0 Å². The van der Waals surface area contributed by atoms with Crippen LogP contribution in [0.2, 0.25) is 0 Å². The van der Waals surface area contributed by atoms with E-state index in [1.165, 1.54) is 24.8 Å². The molecule has 1 aliphatic heterocycles. The van der Waals surface area contributed by atoms with Gasteiger partial charge in [0, 0.05) is 69.9 Å². The third-order valence-corrected chi connectivity index (χ3v) is 18.1. The summed E-state index contributed by atoms with van der Waals surface area (Å²) >= 11 is 0. The zero-order chi connectivity index (χ0) is 39.0. The van der Waals surface area contributed by atoms with Crippen molar-refractivity contribution in [2.24, 2.45) is 74.9 Å². The van der Waals surface area contributed by atoms with Gasteiger partial charge in [-0.15, -0.1) is 0 Å². The fourth-order valence-corrected chi connectivity index (χ4v) is 15.1. The van der Waals surface area contributed by atoms with E-state index < -0.39 is 5.97 Å². The van der Waals surface area contributed by atoms with E-state index in [-0.39, 0.29) is 51.2 Å². The summed E-state index contributed by atoms with van der Waals surface area (Å²) in [6, 6.07) is 0. The molecule has 8 nitrogen and oxygen atoms in total. The molecule has 302 valence electrons. The minimum atomic E-state index is -0.756. The number of Topliss-reactive ketones (excluding diaryl/α,β-unsaturated/α-hetero) is 2. The molecule has 54 heavy (non-hydrogen) atoms. The second-order valence-electron chi connectivity index (χ2n) is 21.0. The molecular weight excluding hydrogens is 675 g/mol. The van der Waals surface area contributed by atoms with Crippen molar-refractivity contribution in [2.75, 3.05) is 45.8 Å². The quantitative estimate of drug-likeness (QED) is 0.224. The van der Waals surface area contributed by atoms with Gasteiger partial charge < -0.3 is 15.3 Å². The number of nitrogens with zero attached hydrogens (tertiary/aromatic N) is 2. The van der Waals surface area contributed by atoms with Crippen LogP contribution in [0.3, 0.4) is 0 Å². The van der Waals surface area contributed by atoms with Crippen molar-refractivity contribution in [3.8, 4) is 0 Å². The topological polar surface area (TPSA) is 107 Å². The van der Waals surface area contributed by atoms with Crippen LogP contribution in [0.5, 0.6) is 0 Å². The second-order valence-corrected chi connectivity index (χ2v) is 21.0. The Morgan fingerprint density at radius 2 is 1.56 bits per heavy atom. The number of aliphatic carboxylic acids is 1. The number of carbonyl (C=O) groups is 4. The average molecular weight is 748 g/mol. The summed E-state index contributed by atoms with van der Waals surface area (Å²) in [7, 11) is 0. The number of piperazine rings is 1. The molecule has 1 saturated heterocycles. The van der Waals surface area contributed by atoms with Crippen molar-refractivity contribution >= 4 is 23.4 Å². The van der Waals surface area contributed by atoms with Gasteiger partial charge in [-0.3, -0.25) is 24.1 Å². The summed E-state index contributed by atoms with van der Waals surface area (Å²) in [4.78, 5) is 57.9. The molecule has 6 fully saturated rings. The van der Waals surface area contributed by atoms with Crippen LogP contribution < -0.4 is 5.32 Å². The monoisotopic (exact) mass is 748 g/mol. The molecule has 11 atom stereocenters. The molecule has 0 aromatic rings. The molecule has 0 bridgehead atoms. The average Bonchev–Trinajstić information content (AvgIpc) is 3.40. The van der Waals surface area contributed by atoms with Crippen LogP contribution in [-0.2, 0) is 19.2 Å². The van der Waals surface area contributed by atoms with Gasteiger partial charge >= 0.3 is 5.97 Å². The molecule has 1 amide bonds. The Kier molecular flexibility index (Phi) is 10.9. The van der Waals surface area contributed by atoms with Crippen molar-refractivity contribution in [1.29, 1.82) is 0 Å². The van der Waals surface area contributed by atoms with E-state index in [9.17, 15) is 24.3 Å². The lowest BCUT2D eigenvalue weighted by Gasteiger charge is -2.69. The number of carboxylic acids is 1. The summed E-state index contributed by atoms with van der Waals surface area (Å²) in [5.41, 5.74) is 2.58. The van der Waals surface area contributed by atoms with Gasteiger partial charge in [0.2, 0.25) is 5.91 Å². The molecule has 5 saturated carbocycles. The highest BCUT2D eigenvalue weighted by molar-refractivity contribution is 6.01. The predicted octanol–water partition coefficient (Wildman–Crippen LogP) is 7.65. The summed E-state index contributed by atoms with van der Waals surface area (Å²) in [6.45, 7) is 25.6. The Hall–Kier alpha value is -2.06. The second kappa shape index (κ2) is 14.7. The lowest BCUT2D eigenvalue weighted by Crippen LogP contribution is -2.62. The van der Waals surface area contributed by atoms with Crippen LogP contribution in [0.25, 0.3) is 0 Å². The van der Waals surface area contributed by atoms with E-state index in [0.29, 0.717) is 73.4 Å². The van der Waals surface area contributed by atoms with Gasteiger partial charge in [0.05, 0.1) is 5.92 Å². The van der Waals surface area contributed by atoms with Crippen LogP contribution >= 0.6 is 0 Å². The smallest absolute Gasteiger partial charge is 0.306 e. The fraction of sp³-hybridized carbons (Fsp3) is 0.870. The first-order valence-electron chi connectivity index (χ1n) is 22.2. The Labute approximate surface area is 326 Å². The number of allylic oxidation sites excluding steroid dienone is 2. The van der Waals surface area contributed by atoms with E-state index in [0.717, 1.165) is 76.9 Å². The van der Waals surface area contributed by atoms with Gasteiger partial charge in [-0.1, -0.05) is 61.0 Å². The number of likely N-dealkylation sites (N-methyl/N-ethyl adjacent to an activating group) is 1. The van der Waals surface area contributed by atoms with Gasteiger partial charge in [-0.25, -0.2) is 0 Å². The number of carboxylic acid groups (broad SMARTS) is 1. The van der Waals surface area contributed by atoms with Crippen molar-refractivity contribution in [2.45, 2.75) is 132 Å². The van der Waals surface area contributed by atoms with E-state index in [2.05, 4.69) is 63.6 Å². The zero-order valence-corrected chi connectivity index (χ0v) is 35.1. The molecule has 8 heteroatoms. The predicted molar refractivity (Wildman–Crippen MR) is 213 cm³/mol. The lowest BCUT2D eigenvalue weighted by atomic mass is 9.35. The maximum absolute atomic E-state index is 14.0. The zero-order valence-electron chi connectivity index (χ0n) is 35.1. The third-order valence-electron chi connectivity index (χ3n) is 18.1. The number of rotatable bonds is 11. The highest BCUT2D eigenvalue weighted by atomic mass is 16.4. The number of amides is 1. The van der Waals surface area contributed by atoms with Crippen molar-refractivity contribution in [3.63, 3.8) is 0 Å². The molecule has 7 aliphatic rings. The standard InChI is InChI=1S/C46H73N3O5/c1-9-48-20-22-49(23-21-48)19-18-47-39(52)27-46-17-13-34-31(41(46)40(28(2)3)36(51)26-46)10-11-38-44(34,7)16-14-37-43(5,6)30(12-15-45(37,38)8)24-35(50)32-25-33(29(32)4)42(53)54/h28-34,37-38H,9-27H2,1-8H3,(H,47,52)(H,53,54). The van der Waals surface area contributed by atoms with Gasteiger partial charge in [0.1, 0.15) is 5.78 Å². The van der Waals surface area contributed by atoms with Crippen molar-refractivity contribution < 1.29 is 24.3 Å². The van der Waals surface area contributed by atoms with Gasteiger partial charge in [-0.2, -0.15) is 0 Å². The van der Waals surface area contributed by atoms with Gasteiger partial charge in [0.25, 0.3) is 0 Å². The number of hydrogen-bond acceptors (Lipinski definition) is 6. The van der Waals surface area contributed by atoms with E-state index >= 15 is 0 Å². The molecule has 11 unspecified atom stereocenters. The lowest BCUT2D eigenvalue weighted by molar-refractivity contribution is -0.193. The van der Waals surface area contributed by atoms with Crippen LogP contribution in [0.1, 0.15) is 132 Å². The number of nitrogens with one attached hydrogen (secondary N) is 1. The summed E-state index contributed by atoms with van der Waals surface area (Å²) < 4.78 is 0. The molecule has 0 spiro atoms. The molecule has 0 aromatic heterocycles. The Morgan fingerprint density at radius 1 is 0.870 bits per heavy atom. The third kappa shape index (κ3) is 6.57. The first kappa shape index (κ1) is 40.1. The summed E-state index contributed by atoms with van der Waals surface area (Å²) in [5, 5.41) is 12.8. The van der Waals surface area contributed by atoms with E-state index in [1.807, 2.05) is 6.92 Å². The Balaban J connectivity index is 1.05. The first-order valence-corrected chi connectivity index (χ1v) is 22.2. The molecule has 6 aliphatic carbocycles. The van der Waals surface area contributed by atoms with Crippen molar-refractivity contribution in [3.05, 3.63) is 11.1 Å². The molecule has 0 radical (unpaired) electrons. The Bertz CT molecular complexity index is 1530. The first-order chi connectivity index (χ1) is 25.5. The van der Waals surface area contributed by atoms with E-state index in [1.54, 1.807) is 0 Å². The van der Waals surface area contributed by atoms with Crippen LogP contribution in [0, 0.1) is 74.9 Å². The molecule has 0 aromatic carbocycles. The van der Waals surface area contributed by atoms with E-state index in [4.69, 9.17) is 0 Å².